The normalized spacial score (nSPS) is 11.6. The van der Waals surface area contributed by atoms with E-state index < -0.39 is 0 Å². The third-order valence-corrected chi connectivity index (χ3v) is 3.42. The van der Waals surface area contributed by atoms with Crippen LogP contribution in [0.15, 0.2) is 24.3 Å². The molecule has 17 heavy (non-hydrogen) atoms. The van der Waals surface area contributed by atoms with Gasteiger partial charge in [-0.3, -0.25) is 4.79 Å². The second-order valence-electron chi connectivity index (χ2n) is 3.78. The lowest BCUT2D eigenvalue weighted by atomic mass is 10.2. The van der Waals surface area contributed by atoms with Crippen molar-refractivity contribution in [3.63, 3.8) is 0 Å². The van der Waals surface area contributed by atoms with Crippen molar-refractivity contribution in [2.75, 3.05) is 11.1 Å². The molecule has 1 N–H and O–H groups in total. The Hall–Kier alpha value is -1.47. The number of nitrogens with one attached hydrogen (secondary N) is 1. The summed E-state index contributed by atoms with van der Waals surface area (Å²) < 4.78 is 0. The highest BCUT2D eigenvalue weighted by atomic mass is 32.2. The Labute approximate surface area is 106 Å². The van der Waals surface area contributed by atoms with E-state index in [4.69, 9.17) is 5.26 Å². The Bertz CT molecular complexity index is 408. The number of carbonyl (C=O) groups is 1. The fraction of sp³-hybridized carbons (Fsp3) is 0.385. The van der Waals surface area contributed by atoms with E-state index in [1.54, 1.807) is 0 Å². The van der Waals surface area contributed by atoms with Crippen LogP contribution in [0.2, 0.25) is 0 Å². The van der Waals surface area contributed by atoms with Gasteiger partial charge in [0, 0.05) is 17.9 Å². The molecule has 0 radical (unpaired) electrons. The summed E-state index contributed by atoms with van der Waals surface area (Å²) in [4.78, 5) is 11.8. The Morgan fingerprint density at radius 1 is 1.47 bits per heavy atom. The number of hydrogen-bond acceptors (Lipinski definition) is 3. The van der Waals surface area contributed by atoms with Crippen molar-refractivity contribution in [2.24, 2.45) is 0 Å². The SMILES string of the molecule is Cc1ccc(NC(=O)C(C)SCCC#N)cc1. The summed E-state index contributed by atoms with van der Waals surface area (Å²) in [6.07, 6.45) is 0.479. The van der Waals surface area contributed by atoms with Crippen LogP contribution in [0.25, 0.3) is 0 Å². The molecular weight excluding hydrogens is 232 g/mol. The zero-order chi connectivity index (χ0) is 12.7. The highest BCUT2D eigenvalue weighted by Crippen LogP contribution is 2.15. The summed E-state index contributed by atoms with van der Waals surface area (Å²) in [5.74, 6) is 0.677. The number of amides is 1. The highest BCUT2D eigenvalue weighted by Gasteiger charge is 2.12. The molecule has 0 bridgehead atoms. The molecule has 0 spiro atoms. The van der Waals surface area contributed by atoms with Crippen LogP contribution >= 0.6 is 11.8 Å². The molecule has 0 fully saturated rings. The van der Waals surface area contributed by atoms with E-state index in [1.807, 2.05) is 38.1 Å². The van der Waals surface area contributed by atoms with Gasteiger partial charge in [0.05, 0.1) is 11.3 Å². The molecule has 0 aliphatic heterocycles. The van der Waals surface area contributed by atoms with E-state index >= 15 is 0 Å². The molecule has 0 saturated heterocycles. The third kappa shape index (κ3) is 4.92. The monoisotopic (exact) mass is 248 g/mol. The zero-order valence-electron chi connectivity index (χ0n) is 10.1. The summed E-state index contributed by atoms with van der Waals surface area (Å²) >= 11 is 1.50. The van der Waals surface area contributed by atoms with Crippen LogP contribution in [0.3, 0.4) is 0 Å². The summed E-state index contributed by atoms with van der Waals surface area (Å²) in [5.41, 5.74) is 1.98. The molecule has 0 aliphatic carbocycles. The second kappa shape index (κ2) is 6.97. The van der Waals surface area contributed by atoms with Crippen LogP contribution in [0.5, 0.6) is 0 Å². The number of carbonyl (C=O) groups excluding carboxylic acids is 1. The lowest BCUT2D eigenvalue weighted by molar-refractivity contribution is -0.115. The number of hydrogen-bond donors (Lipinski definition) is 1. The number of aryl methyl sites for hydroxylation is 1. The minimum Gasteiger partial charge on any atom is -0.325 e. The summed E-state index contributed by atoms with van der Waals surface area (Å²) in [7, 11) is 0. The van der Waals surface area contributed by atoms with Crippen LogP contribution in [0.4, 0.5) is 5.69 Å². The van der Waals surface area contributed by atoms with Crippen molar-refractivity contribution in [1.82, 2.24) is 0 Å². The van der Waals surface area contributed by atoms with Gasteiger partial charge in [-0.05, 0) is 26.0 Å². The standard InChI is InChI=1S/C13H16N2OS/c1-10-4-6-12(7-5-10)15-13(16)11(2)17-9-3-8-14/h4-7,11H,3,9H2,1-2H3,(H,15,16). The lowest BCUT2D eigenvalue weighted by Gasteiger charge is -2.11. The second-order valence-corrected chi connectivity index (χ2v) is 5.23. The van der Waals surface area contributed by atoms with Gasteiger partial charge in [0.1, 0.15) is 0 Å². The lowest BCUT2D eigenvalue weighted by Crippen LogP contribution is -2.22. The smallest absolute Gasteiger partial charge is 0.237 e. The first kappa shape index (κ1) is 13.6. The molecule has 0 saturated carbocycles. The number of benzene rings is 1. The van der Waals surface area contributed by atoms with Gasteiger partial charge in [-0.1, -0.05) is 17.7 Å². The van der Waals surface area contributed by atoms with Crippen molar-refractivity contribution in [3.8, 4) is 6.07 Å². The molecular formula is C13H16N2OS. The van der Waals surface area contributed by atoms with Gasteiger partial charge in [0.25, 0.3) is 0 Å². The van der Waals surface area contributed by atoms with Gasteiger partial charge < -0.3 is 5.32 Å². The van der Waals surface area contributed by atoms with Crippen LogP contribution in [0, 0.1) is 18.3 Å². The van der Waals surface area contributed by atoms with Crippen molar-refractivity contribution in [3.05, 3.63) is 29.8 Å². The van der Waals surface area contributed by atoms with E-state index in [1.165, 1.54) is 17.3 Å². The van der Waals surface area contributed by atoms with E-state index in [0.717, 1.165) is 5.69 Å². The molecule has 1 atom stereocenters. The Morgan fingerprint density at radius 2 is 2.12 bits per heavy atom. The van der Waals surface area contributed by atoms with E-state index in [-0.39, 0.29) is 11.2 Å². The summed E-state index contributed by atoms with van der Waals surface area (Å²) in [6.45, 7) is 3.86. The highest BCUT2D eigenvalue weighted by molar-refractivity contribution is 8.00. The Morgan fingerprint density at radius 3 is 2.71 bits per heavy atom. The number of rotatable bonds is 5. The van der Waals surface area contributed by atoms with Crippen LogP contribution in [0.1, 0.15) is 18.9 Å². The molecule has 0 aliphatic rings. The Kier molecular flexibility index (Phi) is 5.58. The largest absolute Gasteiger partial charge is 0.325 e. The first-order valence-electron chi connectivity index (χ1n) is 5.49. The quantitative estimate of drug-likeness (QED) is 0.815. The topological polar surface area (TPSA) is 52.9 Å². The molecule has 4 heteroatoms. The number of thioether (sulfide) groups is 1. The van der Waals surface area contributed by atoms with Gasteiger partial charge in [0.2, 0.25) is 5.91 Å². The zero-order valence-corrected chi connectivity index (χ0v) is 10.9. The van der Waals surface area contributed by atoms with Crippen LogP contribution in [-0.4, -0.2) is 16.9 Å². The molecule has 1 rings (SSSR count). The fourth-order valence-electron chi connectivity index (χ4n) is 1.24. The summed E-state index contributed by atoms with van der Waals surface area (Å²) in [5, 5.41) is 11.1. The minimum absolute atomic E-state index is 0.0169. The van der Waals surface area contributed by atoms with E-state index in [9.17, 15) is 4.79 Å². The molecule has 90 valence electrons. The predicted molar refractivity (Wildman–Crippen MR) is 72.0 cm³/mol. The minimum atomic E-state index is -0.135. The van der Waals surface area contributed by atoms with Gasteiger partial charge in [0.15, 0.2) is 0 Å². The molecule has 3 nitrogen and oxygen atoms in total. The van der Waals surface area contributed by atoms with E-state index in [2.05, 4.69) is 11.4 Å². The first-order valence-corrected chi connectivity index (χ1v) is 6.54. The molecule has 1 unspecified atom stereocenters. The average molecular weight is 248 g/mol. The third-order valence-electron chi connectivity index (χ3n) is 2.27. The van der Waals surface area contributed by atoms with E-state index in [0.29, 0.717) is 12.2 Å². The van der Waals surface area contributed by atoms with Crippen molar-refractivity contribution in [2.45, 2.75) is 25.5 Å². The van der Waals surface area contributed by atoms with Gasteiger partial charge in [-0.2, -0.15) is 5.26 Å². The average Bonchev–Trinajstić information content (AvgIpc) is 2.32. The maximum atomic E-state index is 11.8. The van der Waals surface area contributed by atoms with Crippen LogP contribution < -0.4 is 5.32 Å². The molecule has 1 amide bonds. The van der Waals surface area contributed by atoms with Crippen molar-refractivity contribution in [1.29, 1.82) is 5.26 Å². The van der Waals surface area contributed by atoms with Gasteiger partial charge >= 0.3 is 0 Å². The van der Waals surface area contributed by atoms with Crippen LogP contribution in [-0.2, 0) is 4.79 Å². The van der Waals surface area contributed by atoms with Gasteiger partial charge in [-0.25, -0.2) is 0 Å². The maximum absolute atomic E-state index is 11.8. The number of nitrogens with zero attached hydrogens (tertiary/aromatic N) is 1. The summed E-state index contributed by atoms with van der Waals surface area (Å²) in [6, 6.07) is 9.77. The number of anilines is 1. The maximum Gasteiger partial charge on any atom is 0.237 e. The van der Waals surface area contributed by atoms with Crippen molar-refractivity contribution >= 4 is 23.4 Å². The number of nitriles is 1. The first-order chi connectivity index (χ1) is 8.13. The molecule has 1 aromatic carbocycles. The Balaban J connectivity index is 2.43. The van der Waals surface area contributed by atoms with Crippen molar-refractivity contribution < 1.29 is 4.79 Å². The molecule has 1 aromatic rings. The molecule has 0 aromatic heterocycles. The predicted octanol–water partition coefficient (Wildman–Crippen LogP) is 2.97. The van der Waals surface area contributed by atoms with Gasteiger partial charge in [-0.15, -0.1) is 11.8 Å². The fourth-order valence-corrected chi connectivity index (χ4v) is 2.01. The molecule has 0 heterocycles.